The second kappa shape index (κ2) is 12.8. The van der Waals surface area contributed by atoms with Crippen molar-refractivity contribution in [2.75, 3.05) is 56.7 Å². The fourth-order valence-electron chi connectivity index (χ4n) is 5.00. The largest absolute Gasteiger partial charge is 0.444 e. The number of fused-ring (bicyclic) bond motifs is 1. The number of carbonyl (C=O) groups is 2. The molecule has 218 valence electrons. The zero-order chi connectivity index (χ0) is 28.9. The van der Waals surface area contributed by atoms with Crippen molar-refractivity contribution in [2.24, 2.45) is 0 Å². The zero-order valence-electron chi connectivity index (χ0n) is 24.5. The molecule has 2 aromatic rings. The van der Waals surface area contributed by atoms with Crippen LogP contribution in [0.15, 0.2) is 30.5 Å². The van der Waals surface area contributed by atoms with Crippen LogP contribution in [0.2, 0.25) is 0 Å². The van der Waals surface area contributed by atoms with Crippen LogP contribution in [0.4, 0.5) is 21.4 Å². The molecule has 11 nitrogen and oxygen atoms in total. The van der Waals surface area contributed by atoms with Gasteiger partial charge in [0.2, 0.25) is 5.95 Å². The Kier molecular flexibility index (Phi) is 9.47. The second-order valence-corrected chi connectivity index (χ2v) is 11.2. The molecule has 0 spiro atoms. The Morgan fingerprint density at radius 3 is 2.42 bits per heavy atom. The molecule has 1 saturated heterocycles. The van der Waals surface area contributed by atoms with Gasteiger partial charge in [-0.25, -0.2) is 14.6 Å². The summed E-state index contributed by atoms with van der Waals surface area (Å²) < 4.78 is 16.2. The first kappa shape index (κ1) is 29.5. The van der Waals surface area contributed by atoms with E-state index in [9.17, 15) is 9.59 Å². The maximum Gasteiger partial charge on any atom is 0.415 e. The number of amides is 2. The Labute approximate surface area is 236 Å². The summed E-state index contributed by atoms with van der Waals surface area (Å²) >= 11 is 0. The Morgan fingerprint density at radius 1 is 1.12 bits per heavy atom. The summed E-state index contributed by atoms with van der Waals surface area (Å²) in [6, 6.07) is 8.71. The number of anilines is 2. The van der Waals surface area contributed by atoms with E-state index in [4.69, 9.17) is 14.2 Å². The number of hydrogen-bond donors (Lipinski definition) is 1. The zero-order valence-corrected chi connectivity index (χ0v) is 24.5. The Hall–Kier alpha value is -3.44. The van der Waals surface area contributed by atoms with Crippen LogP contribution in [0.3, 0.4) is 0 Å². The van der Waals surface area contributed by atoms with Crippen LogP contribution in [-0.2, 0) is 20.8 Å². The molecule has 40 heavy (non-hydrogen) atoms. The lowest BCUT2D eigenvalue weighted by atomic mass is 9.98. The fraction of sp³-hybridized carbons (Fsp3) is 0.586. The lowest BCUT2D eigenvalue weighted by Gasteiger charge is -2.40. The van der Waals surface area contributed by atoms with E-state index < -0.39 is 11.7 Å². The third-order valence-corrected chi connectivity index (χ3v) is 7.15. The van der Waals surface area contributed by atoms with Gasteiger partial charge in [-0.1, -0.05) is 24.3 Å². The van der Waals surface area contributed by atoms with Gasteiger partial charge >= 0.3 is 12.2 Å². The summed E-state index contributed by atoms with van der Waals surface area (Å²) in [5.41, 5.74) is 2.59. The summed E-state index contributed by atoms with van der Waals surface area (Å²) in [6.45, 7) is 13.7. The minimum absolute atomic E-state index is 0.0486. The number of benzene rings is 1. The molecule has 11 heteroatoms. The summed E-state index contributed by atoms with van der Waals surface area (Å²) in [5.74, 6) is 1.05. The van der Waals surface area contributed by atoms with Crippen LogP contribution in [0, 0.1) is 0 Å². The normalized spacial score (nSPS) is 17.6. The highest BCUT2D eigenvalue weighted by molar-refractivity contribution is 5.89. The van der Waals surface area contributed by atoms with E-state index in [1.54, 1.807) is 18.2 Å². The summed E-state index contributed by atoms with van der Waals surface area (Å²) in [5, 5.41) is 3.36. The van der Waals surface area contributed by atoms with E-state index >= 15 is 0 Å². The van der Waals surface area contributed by atoms with Crippen LogP contribution in [0.25, 0.3) is 0 Å². The van der Waals surface area contributed by atoms with Crippen molar-refractivity contribution >= 4 is 24.0 Å². The Bertz CT molecular complexity index is 1160. The first-order valence-electron chi connectivity index (χ1n) is 14.0. The van der Waals surface area contributed by atoms with E-state index in [0.29, 0.717) is 38.0 Å². The van der Waals surface area contributed by atoms with Gasteiger partial charge in [-0.3, -0.25) is 9.80 Å². The minimum atomic E-state index is -0.501. The molecule has 4 rings (SSSR count). The van der Waals surface area contributed by atoms with Crippen LogP contribution < -0.4 is 10.2 Å². The van der Waals surface area contributed by atoms with Crippen molar-refractivity contribution in [3.63, 3.8) is 0 Å². The average molecular weight is 555 g/mol. The molecule has 0 saturated carbocycles. The molecule has 1 N–H and O–H groups in total. The SMILES string of the molecule is CCN1C(=O)OCc2cnc(N[C@@H](C)c3ccc(C(CCOC)N4CCN(C(=O)OC(C)(C)C)CC4)cc3)nc21. The van der Waals surface area contributed by atoms with Gasteiger partial charge in [0.1, 0.15) is 18.0 Å². The van der Waals surface area contributed by atoms with Crippen molar-refractivity contribution < 1.29 is 23.8 Å². The van der Waals surface area contributed by atoms with E-state index in [1.165, 1.54) is 10.5 Å². The van der Waals surface area contributed by atoms with Gasteiger partial charge in [-0.15, -0.1) is 0 Å². The van der Waals surface area contributed by atoms with Crippen LogP contribution >= 0.6 is 0 Å². The van der Waals surface area contributed by atoms with E-state index in [1.807, 2.05) is 27.7 Å². The lowest BCUT2D eigenvalue weighted by molar-refractivity contribution is 0.00830. The van der Waals surface area contributed by atoms with Crippen LogP contribution in [0.1, 0.15) is 69.8 Å². The van der Waals surface area contributed by atoms with E-state index in [2.05, 4.69) is 51.4 Å². The van der Waals surface area contributed by atoms with Gasteiger partial charge in [0.25, 0.3) is 0 Å². The second-order valence-electron chi connectivity index (χ2n) is 11.2. The summed E-state index contributed by atoms with van der Waals surface area (Å²) in [6.07, 6.45) is 1.92. The number of carbonyl (C=O) groups excluding carboxylic acids is 2. The number of rotatable bonds is 9. The number of ether oxygens (including phenoxy) is 3. The van der Waals surface area contributed by atoms with Gasteiger partial charge in [-0.2, -0.15) is 4.98 Å². The quantitative estimate of drug-likeness (QED) is 0.469. The molecule has 2 aliphatic rings. The molecule has 2 aliphatic heterocycles. The highest BCUT2D eigenvalue weighted by Gasteiger charge is 2.30. The van der Waals surface area contributed by atoms with Crippen molar-refractivity contribution in [3.05, 3.63) is 47.2 Å². The first-order chi connectivity index (χ1) is 19.1. The van der Waals surface area contributed by atoms with Gasteiger partial charge in [0.05, 0.1) is 11.6 Å². The van der Waals surface area contributed by atoms with Crippen molar-refractivity contribution in [3.8, 4) is 0 Å². The lowest BCUT2D eigenvalue weighted by Crippen LogP contribution is -2.51. The summed E-state index contributed by atoms with van der Waals surface area (Å²) in [4.78, 5) is 39.4. The predicted octanol–water partition coefficient (Wildman–Crippen LogP) is 4.76. The maximum absolute atomic E-state index is 12.5. The fourth-order valence-corrected chi connectivity index (χ4v) is 5.00. The third-order valence-electron chi connectivity index (χ3n) is 7.15. The van der Waals surface area contributed by atoms with Crippen molar-refractivity contribution in [2.45, 2.75) is 65.3 Å². The number of piperazine rings is 1. The average Bonchev–Trinajstić information content (AvgIpc) is 2.93. The molecule has 2 atom stereocenters. The van der Waals surface area contributed by atoms with Crippen molar-refractivity contribution in [1.29, 1.82) is 0 Å². The maximum atomic E-state index is 12.5. The highest BCUT2D eigenvalue weighted by Crippen LogP contribution is 2.29. The molecule has 1 unspecified atom stereocenters. The standard InChI is InChI=1S/C29H42N6O5/c1-7-35-25-23(19-39-28(35)37)18-30-26(32-25)31-20(2)21-8-10-22(11-9-21)24(12-17-38-6)33-13-15-34(16-14-33)27(36)40-29(3,4)5/h8-11,18,20,24H,7,12-17,19H2,1-6H3,(H,30,31,32)/t20-,24?/m0/s1. The molecule has 2 amide bonds. The molecule has 0 bridgehead atoms. The molecule has 0 aliphatic carbocycles. The molecule has 0 radical (unpaired) electrons. The first-order valence-corrected chi connectivity index (χ1v) is 14.0. The molecular formula is C29H42N6O5. The topological polar surface area (TPSA) is 109 Å². The molecule has 1 aromatic carbocycles. The molecular weight excluding hydrogens is 512 g/mol. The predicted molar refractivity (Wildman–Crippen MR) is 152 cm³/mol. The summed E-state index contributed by atoms with van der Waals surface area (Å²) in [7, 11) is 1.72. The molecule has 1 aromatic heterocycles. The van der Waals surface area contributed by atoms with Gasteiger partial charge in [-0.05, 0) is 52.2 Å². The van der Waals surface area contributed by atoms with Gasteiger partial charge < -0.3 is 24.4 Å². The smallest absolute Gasteiger partial charge is 0.415 e. The number of nitrogens with zero attached hydrogens (tertiary/aromatic N) is 5. The highest BCUT2D eigenvalue weighted by atomic mass is 16.6. The number of cyclic esters (lactones) is 1. The minimum Gasteiger partial charge on any atom is -0.444 e. The number of aromatic nitrogens is 2. The number of hydrogen-bond acceptors (Lipinski definition) is 9. The van der Waals surface area contributed by atoms with Gasteiger partial charge in [0, 0.05) is 58.7 Å². The monoisotopic (exact) mass is 554 g/mol. The number of nitrogens with one attached hydrogen (secondary N) is 1. The van der Waals surface area contributed by atoms with Crippen LogP contribution in [0.5, 0.6) is 0 Å². The Morgan fingerprint density at radius 2 is 1.80 bits per heavy atom. The van der Waals surface area contributed by atoms with Crippen molar-refractivity contribution in [1.82, 2.24) is 19.8 Å². The number of methoxy groups -OCH3 is 1. The Balaban J connectivity index is 1.41. The third kappa shape index (κ3) is 7.19. The van der Waals surface area contributed by atoms with Gasteiger partial charge in [0.15, 0.2) is 0 Å². The molecule has 3 heterocycles. The van der Waals surface area contributed by atoms with Crippen LogP contribution in [-0.4, -0.2) is 84.0 Å². The molecule has 1 fully saturated rings. The van der Waals surface area contributed by atoms with E-state index in [0.717, 1.165) is 30.6 Å². The van der Waals surface area contributed by atoms with E-state index in [-0.39, 0.29) is 24.8 Å².